The highest BCUT2D eigenvalue weighted by molar-refractivity contribution is 7.20. The highest BCUT2D eigenvalue weighted by atomic mass is 32.1. The van der Waals surface area contributed by atoms with Crippen LogP contribution < -0.4 is 16.2 Å². The van der Waals surface area contributed by atoms with E-state index in [0.717, 1.165) is 46.2 Å². The molecule has 10 nitrogen and oxygen atoms in total. The molecule has 0 spiro atoms. The Bertz CT molecular complexity index is 1710. The van der Waals surface area contributed by atoms with Crippen LogP contribution in [0.15, 0.2) is 59.5 Å². The van der Waals surface area contributed by atoms with Gasteiger partial charge in [0.15, 0.2) is 0 Å². The first-order valence-electron chi connectivity index (χ1n) is 16.1. The van der Waals surface area contributed by atoms with Crippen LogP contribution in [-0.2, 0) is 17.6 Å². The maximum Gasteiger partial charge on any atom is 0.290 e. The van der Waals surface area contributed by atoms with Crippen molar-refractivity contribution in [2.75, 3.05) is 6.54 Å². The minimum atomic E-state index is -0.699. The fraction of sp³-hybridized carbons (Fsp3) is 0.444. The normalized spacial score (nSPS) is 21.4. The number of benzene rings is 1. The van der Waals surface area contributed by atoms with Crippen LogP contribution in [0.25, 0.3) is 21.3 Å². The summed E-state index contributed by atoms with van der Waals surface area (Å²) < 4.78 is 0. The number of carbonyl (C=O) groups is 2. The zero-order chi connectivity index (χ0) is 33.7. The van der Waals surface area contributed by atoms with Crippen molar-refractivity contribution in [3.8, 4) is 11.1 Å². The number of carbonyl (C=O) groups excluding carboxylic acids is 1. The van der Waals surface area contributed by atoms with Gasteiger partial charge in [-0.15, -0.1) is 11.3 Å². The molecule has 3 heterocycles. The van der Waals surface area contributed by atoms with E-state index in [1.807, 2.05) is 30.3 Å². The van der Waals surface area contributed by atoms with Crippen molar-refractivity contribution >= 4 is 33.9 Å². The van der Waals surface area contributed by atoms with Gasteiger partial charge in [-0.25, -0.2) is 4.98 Å². The summed E-state index contributed by atoms with van der Waals surface area (Å²) in [6.45, 7) is 7.30. The van der Waals surface area contributed by atoms with Gasteiger partial charge in [0.2, 0.25) is 5.56 Å². The second-order valence-corrected chi connectivity index (χ2v) is 14.7. The number of thiophene rings is 1. The van der Waals surface area contributed by atoms with Crippen LogP contribution in [0.1, 0.15) is 79.0 Å². The summed E-state index contributed by atoms with van der Waals surface area (Å²) in [5, 5.41) is 34.5. The van der Waals surface area contributed by atoms with Crippen LogP contribution in [0, 0.1) is 11.3 Å². The molecule has 2 aliphatic rings. The predicted molar refractivity (Wildman–Crippen MR) is 184 cm³/mol. The van der Waals surface area contributed by atoms with E-state index in [4.69, 9.17) is 14.9 Å². The molecule has 0 aliphatic heterocycles. The lowest BCUT2D eigenvalue weighted by Gasteiger charge is -2.34. The molecule has 1 unspecified atom stereocenters. The Morgan fingerprint density at radius 1 is 1.09 bits per heavy atom. The second-order valence-electron chi connectivity index (χ2n) is 13.6. The Morgan fingerprint density at radius 2 is 1.77 bits per heavy atom. The minimum Gasteiger partial charge on any atom is -0.483 e. The number of hydrogen-bond acceptors (Lipinski definition) is 8. The average molecular weight is 661 g/mol. The molecule has 1 saturated carbocycles. The standard InChI is InChI=1S/C35H42N4O4S.CH2O2/c1-35(2,3)25-9-10-27-23(15-25)14-24-16-31(44-34(24)39-27)33(43)38-28(12-13-36-26-17-29(40)30(41)18-26)21-6-4-20(5-7-21)22-8-11-32(42)37-19-22;2-1-3/h4-8,11,14,16,19,25-26,28-30,36,40-41H,9-10,12-13,15,17-18H2,1-3H3,(H,37,42)(H,38,43);1H,(H,2,3)/t25-,26?,28+,29-,30+;/m0./s1. The zero-order valence-corrected chi connectivity index (χ0v) is 27.8. The number of amides is 1. The topological polar surface area (TPSA) is 165 Å². The Labute approximate surface area is 278 Å². The molecule has 0 radical (unpaired) electrons. The van der Waals surface area contributed by atoms with Gasteiger partial charge in [-0.3, -0.25) is 14.4 Å². The van der Waals surface area contributed by atoms with Gasteiger partial charge >= 0.3 is 0 Å². The van der Waals surface area contributed by atoms with Gasteiger partial charge in [0.1, 0.15) is 4.83 Å². The van der Waals surface area contributed by atoms with Gasteiger partial charge in [-0.1, -0.05) is 45.0 Å². The SMILES string of the molecule is CC(C)(C)[C@H]1CCc2nc3sc(C(=O)N[C@H](CCNC4C[C@@H](O)[C@@H](O)C4)c4ccc(-c5ccc(=O)[nH]c5)cc4)cc3cc2C1.O=CO. The summed E-state index contributed by atoms with van der Waals surface area (Å²) in [6, 6.07) is 15.3. The van der Waals surface area contributed by atoms with E-state index in [9.17, 15) is 19.8 Å². The Kier molecular flexibility index (Phi) is 10.9. The van der Waals surface area contributed by atoms with Crippen LogP contribution in [0.4, 0.5) is 0 Å². The predicted octanol–water partition coefficient (Wildman–Crippen LogP) is 4.84. The molecule has 1 amide bonds. The molecule has 1 fully saturated rings. The number of pyridine rings is 2. The maximum absolute atomic E-state index is 13.7. The monoisotopic (exact) mass is 660 g/mol. The van der Waals surface area contributed by atoms with Crippen LogP contribution in [0.5, 0.6) is 0 Å². The molecule has 3 aromatic heterocycles. The number of H-pyrrole nitrogens is 1. The third kappa shape index (κ3) is 8.53. The lowest BCUT2D eigenvalue weighted by atomic mass is 9.71. The van der Waals surface area contributed by atoms with Crippen molar-refractivity contribution in [1.29, 1.82) is 0 Å². The molecule has 6 rings (SSSR count). The lowest BCUT2D eigenvalue weighted by molar-refractivity contribution is -0.122. The molecular formula is C36H44N4O6S. The first-order valence-corrected chi connectivity index (χ1v) is 17.0. The summed E-state index contributed by atoms with van der Waals surface area (Å²) in [4.78, 5) is 42.8. The summed E-state index contributed by atoms with van der Waals surface area (Å²) >= 11 is 1.44. The molecule has 0 bridgehead atoms. The number of nitrogens with one attached hydrogen (secondary N) is 3. The second kappa shape index (κ2) is 14.9. The average Bonchev–Trinajstić information content (AvgIpc) is 3.60. The molecule has 6 N–H and O–H groups in total. The van der Waals surface area contributed by atoms with E-state index in [-0.39, 0.29) is 35.4 Å². The van der Waals surface area contributed by atoms with Crippen LogP contribution in [0.2, 0.25) is 0 Å². The fourth-order valence-corrected chi connectivity index (χ4v) is 7.55. The Hall–Kier alpha value is -3.90. The number of aliphatic hydroxyl groups excluding tert-OH is 2. The number of rotatable bonds is 8. The van der Waals surface area contributed by atoms with Gasteiger partial charge in [-0.05, 0) is 96.9 Å². The number of nitrogens with zero attached hydrogens (tertiary/aromatic N) is 1. The van der Waals surface area contributed by atoms with Crippen molar-refractivity contribution in [2.24, 2.45) is 11.3 Å². The van der Waals surface area contributed by atoms with Gasteiger partial charge in [0.25, 0.3) is 12.4 Å². The van der Waals surface area contributed by atoms with E-state index < -0.39 is 12.2 Å². The molecule has 2 aliphatic carbocycles. The van der Waals surface area contributed by atoms with E-state index in [0.29, 0.717) is 36.6 Å². The first-order chi connectivity index (χ1) is 22.4. The molecular weight excluding hydrogens is 616 g/mol. The van der Waals surface area contributed by atoms with Crippen molar-refractivity contribution in [3.05, 3.63) is 86.8 Å². The fourth-order valence-electron chi connectivity index (χ4n) is 6.62. The van der Waals surface area contributed by atoms with E-state index in [2.05, 4.69) is 42.5 Å². The summed E-state index contributed by atoms with van der Waals surface area (Å²) in [7, 11) is 0. The molecule has 47 heavy (non-hydrogen) atoms. The van der Waals surface area contributed by atoms with Gasteiger partial charge in [0, 0.05) is 29.4 Å². The largest absolute Gasteiger partial charge is 0.483 e. The van der Waals surface area contributed by atoms with Crippen LogP contribution in [-0.4, -0.2) is 62.5 Å². The summed E-state index contributed by atoms with van der Waals surface area (Å²) in [5.41, 5.74) is 5.44. The first kappa shape index (κ1) is 34.4. The van der Waals surface area contributed by atoms with Crippen LogP contribution >= 0.6 is 11.3 Å². The van der Waals surface area contributed by atoms with Crippen molar-refractivity contribution in [1.82, 2.24) is 20.6 Å². The van der Waals surface area contributed by atoms with Gasteiger partial charge in [0.05, 0.1) is 23.1 Å². The minimum absolute atomic E-state index is 0.0385. The Morgan fingerprint density at radius 3 is 2.40 bits per heavy atom. The number of aromatic nitrogens is 2. The summed E-state index contributed by atoms with van der Waals surface area (Å²) in [6.07, 6.45) is 5.11. The maximum atomic E-state index is 13.7. The van der Waals surface area contributed by atoms with Gasteiger partial charge < -0.3 is 30.9 Å². The van der Waals surface area contributed by atoms with Crippen LogP contribution in [0.3, 0.4) is 0 Å². The lowest BCUT2D eigenvalue weighted by Crippen LogP contribution is -2.33. The zero-order valence-electron chi connectivity index (χ0n) is 27.0. The third-order valence-corrected chi connectivity index (χ3v) is 10.5. The third-order valence-electron chi connectivity index (χ3n) is 9.42. The van der Waals surface area contributed by atoms with Crippen molar-refractivity contribution < 1.29 is 24.9 Å². The number of fused-ring (bicyclic) bond motifs is 2. The summed E-state index contributed by atoms with van der Waals surface area (Å²) in [5.74, 6) is 0.497. The van der Waals surface area contributed by atoms with E-state index in [1.165, 1.54) is 28.7 Å². The van der Waals surface area contributed by atoms with Crippen molar-refractivity contribution in [3.63, 3.8) is 0 Å². The number of aliphatic hydroxyl groups is 2. The van der Waals surface area contributed by atoms with E-state index >= 15 is 0 Å². The highest BCUT2D eigenvalue weighted by Gasteiger charge is 2.32. The molecule has 5 atom stereocenters. The molecule has 11 heteroatoms. The van der Waals surface area contributed by atoms with Crippen molar-refractivity contribution in [2.45, 2.75) is 83.6 Å². The molecule has 0 saturated heterocycles. The molecule has 4 aromatic rings. The molecule has 1 aromatic carbocycles. The number of aromatic amines is 1. The molecule has 250 valence electrons. The smallest absolute Gasteiger partial charge is 0.290 e. The highest BCUT2D eigenvalue weighted by Crippen LogP contribution is 2.38. The van der Waals surface area contributed by atoms with E-state index in [1.54, 1.807) is 12.3 Å². The number of aryl methyl sites for hydroxylation is 1. The number of hydrogen-bond donors (Lipinski definition) is 6. The quantitative estimate of drug-likeness (QED) is 0.146. The van der Waals surface area contributed by atoms with Gasteiger partial charge in [-0.2, -0.15) is 0 Å². The Balaban J connectivity index is 0.00000139. The number of carboxylic acid groups (broad SMARTS) is 1.